The molecule has 0 radical (unpaired) electrons. The maximum atomic E-state index is 13.9. The molecule has 0 spiro atoms. The highest BCUT2D eigenvalue weighted by atomic mass is 19.1. The molecule has 0 bridgehead atoms. The van der Waals surface area contributed by atoms with Gasteiger partial charge < -0.3 is 15.6 Å². The van der Waals surface area contributed by atoms with Crippen molar-refractivity contribution < 1.29 is 14.2 Å². The van der Waals surface area contributed by atoms with Crippen molar-refractivity contribution in [3.8, 4) is 5.75 Å². The van der Waals surface area contributed by atoms with Gasteiger partial charge >= 0.3 is 0 Å². The second-order valence-corrected chi connectivity index (χ2v) is 4.55. The lowest BCUT2D eigenvalue weighted by Crippen LogP contribution is -2.21. The smallest absolute Gasteiger partial charge is 0.126 e. The van der Waals surface area contributed by atoms with Crippen LogP contribution in [0.2, 0.25) is 0 Å². The van der Waals surface area contributed by atoms with Gasteiger partial charge in [0.05, 0.1) is 13.2 Å². The summed E-state index contributed by atoms with van der Waals surface area (Å²) in [5.41, 5.74) is 6.75. The molecule has 2 rings (SSSR count). The third kappa shape index (κ3) is 2.81. The summed E-state index contributed by atoms with van der Waals surface area (Å²) in [6.45, 7) is 0.139. The first-order chi connectivity index (χ1) is 9.69. The van der Waals surface area contributed by atoms with E-state index in [4.69, 9.17) is 10.5 Å². The molecule has 2 aromatic carbocycles. The van der Waals surface area contributed by atoms with Crippen molar-refractivity contribution in [2.75, 3.05) is 13.7 Å². The zero-order chi connectivity index (χ0) is 14.5. The molecule has 2 unspecified atom stereocenters. The van der Waals surface area contributed by atoms with Crippen LogP contribution in [0.3, 0.4) is 0 Å². The largest absolute Gasteiger partial charge is 0.496 e. The molecule has 0 fully saturated rings. The summed E-state index contributed by atoms with van der Waals surface area (Å²) in [5.74, 6) is -0.320. The number of methoxy groups -OCH3 is 1. The van der Waals surface area contributed by atoms with Gasteiger partial charge in [-0.25, -0.2) is 4.39 Å². The minimum atomic E-state index is -0.923. The third-order valence-electron chi connectivity index (χ3n) is 3.40. The molecule has 3 N–H and O–H groups in total. The van der Waals surface area contributed by atoms with E-state index < -0.39 is 12.0 Å². The number of aliphatic hydroxyl groups excluding tert-OH is 1. The number of rotatable bonds is 5. The Morgan fingerprint density at radius 3 is 2.30 bits per heavy atom. The van der Waals surface area contributed by atoms with Crippen LogP contribution in [-0.2, 0) is 0 Å². The molecular weight excluding hydrogens is 257 g/mol. The van der Waals surface area contributed by atoms with Gasteiger partial charge in [0, 0.05) is 18.0 Å². The van der Waals surface area contributed by atoms with E-state index in [1.165, 1.54) is 13.2 Å². The molecule has 0 saturated heterocycles. The monoisotopic (exact) mass is 275 g/mol. The number of hydrogen-bond acceptors (Lipinski definition) is 3. The molecular formula is C16H18FNO2. The van der Waals surface area contributed by atoms with E-state index >= 15 is 0 Å². The van der Waals surface area contributed by atoms with Crippen molar-refractivity contribution in [2.24, 2.45) is 5.73 Å². The van der Waals surface area contributed by atoms with Gasteiger partial charge in [0.2, 0.25) is 0 Å². The van der Waals surface area contributed by atoms with E-state index in [-0.39, 0.29) is 12.4 Å². The quantitative estimate of drug-likeness (QED) is 0.882. The first-order valence-corrected chi connectivity index (χ1v) is 6.44. The molecule has 0 heterocycles. The van der Waals surface area contributed by atoms with Gasteiger partial charge in [-0.05, 0) is 17.7 Å². The Bertz CT molecular complexity index is 574. The molecule has 0 amide bonds. The average molecular weight is 275 g/mol. The SMILES string of the molecule is COc1ccccc1C(O)C(CN)c1ccccc1F. The van der Waals surface area contributed by atoms with Crippen LogP contribution in [0.5, 0.6) is 5.75 Å². The number of halogens is 1. The van der Waals surface area contributed by atoms with Gasteiger partial charge in [-0.15, -0.1) is 0 Å². The maximum Gasteiger partial charge on any atom is 0.126 e. The Labute approximate surface area is 117 Å². The summed E-state index contributed by atoms with van der Waals surface area (Å²) in [5, 5.41) is 10.5. The van der Waals surface area contributed by atoms with E-state index in [1.54, 1.807) is 36.4 Å². The van der Waals surface area contributed by atoms with Crippen molar-refractivity contribution in [2.45, 2.75) is 12.0 Å². The Balaban J connectivity index is 2.39. The maximum absolute atomic E-state index is 13.9. The third-order valence-corrected chi connectivity index (χ3v) is 3.40. The second kappa shape index (κ2) is 6.50. The summed E-state index contributed by atoms with van der Waals surface area (Å²) in [7, 11) is 1.53. The molecule has 106 valence electrons. The van der Waals surface area contributed by atoms with Crippen LogP contribution in [0.1, 0.15) is 23.1 Å². The number of nitrogens with two attached hydrogens (primary N) is 1. The predicted molar refractivity (Wildman–Crippen MR) is 76.1 cm³/mol. The van der Waals surface area contributed by atoms with Gasteiger partial charge in [0.1, 0.15) is 11.6 Å². The molecule has 0 aliphatic heterocycles. The van der Waals surface area contributed by atoms with Crippen LogP contribution in [-0.4, -0.2) is 18.8 Å². The summed E-state index contributed by atoms with van der Waals surface area (Å²) >= 11 is 0. The predicted octanol–water partition coefficient (Wildman–Crippen LogP) is 2.61. The minimum Gasteiger partial charge on any atom is -0.496 e. The number of para-hydroxylation sites is 1. The number of benzene rings is 2. The lowest BCUT2D eigenvalue weighted by Gasteiger charge is -2.24. The van der Waals surface area contributed by atoms with Crippen molar-refractivity contribution in [1.29, 1.82) is 0 Å². The van der Waals surface area contributed by atoms with Crippen LogP contribution in [0, 0.1) is 5.82 Å². The van der Waals surface area contributed by atoms with E-state index in [0.29, 0.717) is 16.9 Å². The van der Waals surface area contributed by atoms with E-state index in [2.05, 4.69) is 0 Å². The molecule has 0 aromatic heterocycles. The van der Waals surface area contributed by atoms with Crippen LogP contribution >= 0.6 is 0 Å². The number of aliphatic hydroxyl groups is 1. The standard InChI is InChI=1S/C16H18FNO2/c1-20-15-9-5-3-7-12(15)16(19)13(10-18)11-6-2-4-8-14(11)17/h2-9,13,16,19H,10,18H2,1H3. The average Bonchev–Trinajstić information content (AvgIpc) is 2.49. The summed E-state index contributed by atoms with van der Waals surface area (Å²) in [6, 6.07) is 13.5. The molecule has 4 heteroatoms. The van der Waals surface area contributed by atoms with Crippen molar-refractivity contribution in [3.63, 3.8) is 0 Å². The lowest BCUT2D eigenvalue weighted by molar-refractivity contribution is 0.142. The summed E-state index contributed by atoms with van der Waals surface area (Å²) < 4.78 is 19.1. The Hall–Kier alpha value is -1.91. The van der Waals surface area contributed by atoms with E-state index in [9.17, 15) is 9.50 Å². The van der Waals surface area contributed by atoms with Gasteiger partial charge in [-0.3, -0.25) is 0 Å². The van der Waals surface area contributed by atoms with Crippen LogP contribution < -0.4 is 10.5 Å². The van der Waals surface area contributed by atoms with Crippen LogP contribution in [0.25, 0.3) is 0 Å². The van der Waals surface area contributed by atoms with Gasteiger partial charge in [-0.2, -0.15) is 0 Å². The fraction of sp³-hybridized carbons (Fsp3) is 0.250. The Morgan fingerprint density at radius 1 is 1.10 bits per heavy atom. The van der Waals surface area contributed by atoms with Gasteiger partial charge in [0.25, 0.3) is 0 Å². The lowest BCUT2D eigenvalue weighted by atomic mass is 9.88. The summed E-state index contributed by atoms with van der Waals surface area (Å²) in [4.78, 5) is 0. The fourth-order valence-electron chi connectivity index (χ4n) is 2.33. The normalized spacial score (nSPS) is 13.8. The Morgan fingerprint density at radius 2 is 1.70 bits per heavy atom. The first-order valence-electron chi connectivity index (χ1n) is 6.44. The molecule has 0 aliphatic rings. The zero-order valence-corrected chi connectivity index (χ0v) is 11.3. The first kappa shape index (κ1) is 14.5. The second-order valence-electron chi connectivity index (χ2n) is 4.55. The summed E-state index contributed by atoms with van der Waals surface area (Å²) in [6.07, 6.45) is -0.923. The highest BCUT2D eigenvalue weighted by Crippen LogP contribution is 2.35. The van der Waals surface area contributed by atoms with E-state index in [0.717, 1.165) is 0 Å². The Kier molecular flexibility index (Phi) is 4.71. The highest BCUT2D eigenvalue weighted by Gasteiger charge is 2.26. The molecule has 2 aromatic rings. The molecule has 0 saturated carbocycles. The molecule has 2 atom stereocenters. The number of hydrogen-bond donors (Lipinski definition) is 2. The molecule has 3 nitrogen and oxygen atoms in total. The van der Waals surface area contributed by atoms with Crippen LogP contribution in [0.15, 0.2) is 48.5 Å². The van der Waals surface area contributed by atoms with Crippen LogP contribution in [0.4, 0.5) is 4.39 Å². The van der Waals surface area contributed by atoms with E-state index in [1.807, 2.05) is 6.07 Å². The van der Waals surface area contributed by atoms with Crippen molar-refractivity contribution >= 4 is 0 Å². The van der Waals surface area contributed by atoms with Gasteiger partial charge in [-0.1, -0.05) is 36.4 Å². The number of ether oxygens (including phenoxy) is 1. The zero-order valence-electron chi connectivity index (χ0n) is 11.3. The fourth-order valence-corrected chi connectivity index (χ4v) is 2.33. The molecule has 20 heavy (non-hydrogen) atoms. The molecule has 0 aliphatic carbocycles. The van der Waals surface area contributed by atoms with Crippen molar-refractivity contribution in [1.82, 2.24) is 0 Å². The van der Waals surface area contributed by atoms with Crippen molar-refractivity contribution in [3.05, 3.63) is 65.5 Å². The topological polar surface area (TPSA) is 55.5 Å². The highest BCUT2D eigenvalue weighted by molar-refractivity contribution is 5.38. The minimum absolute atomic E-state index is 0.139. The van der Waals surface area contributed by atoms with Gasteiger partial charge in [0.15, 0.2) is 0 Å².